The molecule has 0 atom stereocenters. The Morgan fingerprint density at radius 1 is 1.20 bits per heavy atom. The molecule has 0 aliphatic carbocycles. The second kappa shape index (κ2) is 3.90. The van der Waals surface area contributed by atoms with Gasteiger partial charge in [0.05, 0.1) is 5.69 Å². The molecule has 0 radical (unpaired) electrons. The number of hydrogen-bond acceptors (Lipinski definition) is 2. The second-order valence-corrected chi connectivity index (χ2v) is 3.89. The van der Waals surface area contributed by atoms with Crippen molar-refractivity contribution in [3.8, 4) is 11.3 Å². The Morgan fingerprint density at radius 2 is 1.87 bits per heavy atom. The summed E-state index contributed by atoms with van der Waals surface area (Å²) in [5.41, 5.74) is 2.23. The molecule has 0 spiro atoms. The normalized spacial score (nSPS) is 10.3. The van der Waals surface area contributed by atoms with Gasteiger partial charge in [0, 0.05) is 25.9 Å². The van der Waals surface area contributed by atoms with Crippen molar-refractivity contribution in [2.45, 2.75) is 0 Å². The Hall–Kier alpha value is -1.55. The van der Waals surface area contributed by atoms with E-state index in [0.717, 1.165) is 11.3 Å². The summed E-state index contributed by atoms with van der Waals surface area (Å²) in [5, 5.41) is 1.96. The maximum Gasteiger partial charge on any atom is 0.196 e. The molecule has 78 valence electrons. The Morgan fingerprint density at radius 3 is 2.47 bits per heavy atom. The van der Waals surface area contributed by atoms with Crippen LogP contribution in [0.25, 0.3) is 11.3 Å². The smallest absolute Gasteiger partial charge is 0.196 e. The topological polar surface area (TPSA) is 24.0 Å². The van der Waals surface area contributed by atoms with Crippen molar-refractivity contribution >= 4 is 12.2 Å². The predicted octanol–water partition coefficient (Wildman–Crippen LogP) is 2.41. The lowest BCUT2D eigenvalue weighted by molar-refractivity contribution is 0.726. The molecular weight excluding hydrogens is 206 g/mol. The minimum absolute atomic E-state index is 0.707. The van der Waals surface area contributed by atoms with E-state index >= 15 is 0 Å². The maximum absolute atomic E-state index is 5.21. The number of H-pyrrole nitrogens is 1. The maximum atomic E-state index is 5.21. The number of benzene rings is 1. The third kappa shape index (κ3) is 1.80. The number of nitrogens with one attached hydrogen (secondary N) is 1. The van der Waals surface area contributed by atoms with E-state index in [1.54, 1.807) is 0 Å². The molecule has 0 amide bonds. The van der Waals surface area contributed by atoms with Crippen molar-refractivity contribution in [2.75, 3.05) is 19.1 Å². The van der Waals surface area contributed by atoms with Crippen LogP contribution in [-0.2, 0) is 0 Å². The Bertz CT molecular complexity index is 496. The van der Waals surface area contributed by atoms with Crippen molar-refractivity contribution < 1.29 is 0 Å². The van der Waals surface area contributed by atoms with E-state index < -0.39 is 0 Å². The molecule has 0 aliphatic rings. The lowest BCUT2D eigenvalue weighted by Crippen LogP contribution is -2.25. The van der Waals surface area contributed by atoms with E-state index in [2.05, 4.69) is 17.1 Å². The van der Waals surface area contributed by atoms with E-state index in [0.29, 0.717) is 4.77 Å². The average molecular weight is 219 g/mol. The first-order chi connectivity index (χ1) is 7.20. The summed E-state index contributed by atoms with van der Waals surface area (Å²) in [7, 11) is 3.94. The molecule has 4 heteroatoms. The SMILES string of the molecule is CN(C)n1c(-c2ccccc2)c[nH]c1=S. The molecule has 1 N–H and O–H groups in total. The van der Waals surface area contributed by atoms with Gasteiger partial charge in [0.2, 0.25) is 0 Å². The number of nitrogens with zero attached hydrogens (tertiary/aromatic N) is 2. The lowest BCUT2D eigenvalue weighted by atomic mass is 10.2. The number of imidazole rings is 1. The number of hydrogen-bond donors (Lipinski definition) is 1. The van der Waals surface area contributed by atoms with Crippen LogP contribution in [0.15, 0.2) is 36.5 Å². The predicted molar refractivity (Wildman–Crippen MR) is 65.1 cm³/mol. The van der Waals surface area contributed by atoms with Crippen LogP contribution >= 0.6 is 12.2 Å². The number of rotatable bonds is 2. The third-order valence-corrected chi connectivity index (χ3v) is 2.51. The van der Waals surface area contributed by atoms with Crippen LogP contribution in [-0.4, -0.2) is 23.8 Å². The molecule has 0 fully saturated rings. The lowest BCUT2D eigenvalue weighted by Gasteiger charge is -2.17. The standard InChI is InChI=1S/C11H13N3S/c1-13(2)14-10(8-12-11(14)15)9-6-4-3-5-7-9/h3-8H,1-2H3,(H,12,15). The average Bonchev–Trinajstić information content (AvgIpc) is 2.61. The van der Waals surface area contributed by atoms with Gasteiger partial charge in [-0.2, -0.15) is 0 Å². The molecule has 0 saturated carbocycles. The molecule has 2 rings (SSSR count). The molecule has 0 bridgehead atoms. The summed E-state index contributed by atoms with van der Waals surface area (Å²) < 4.78 is 2.67. The van der Waals surface area contributed by atoms with Crippen LogP contribution in [0.3, 0.4) is 0 Å². The van der Waals surface area contributed by atoms with E-state index in [9.17, 15) is 0 Å². The van der Waals surface area contributed by atoms with Crippen molar-refractivity contribution in [1.29, 1.82) is 0 Å². The van der Waals surface area contributed by atoms with Gasteiger partial charge in [0.1, 0.15) is 0 Å². The van der Waals surface area contributed by atoms with Gasteiger partial charge >= 0.3 is 0 Å². The zero-order valence-corrected chi connectivity index (χ0v) is 9.58. The van der Waals surface area contributed by atoms with E-state index in [1.807, 2.05) is 48.2 Å². The molecule has 3 nitrogen and oxygen atoms in total. The zero-order valence-electron chi connectivity index (χ0n) is 8.77. The first kappa shape index (κ1) is 9.98. The van der Waals surface area contributed by atoms with Gasteiger partial charge < -0.3 is 9.99 Å². The fraction of sp³-hybridized carbons (Fsp3) is 0.182. The van der Waals surface area contributed by atoms with Crippen molar-refractivity contribution in [2.24, 2.45) is 0 Å². The summed E-state index contributed by atoms with van der Waals surface area (Å²) in [6, 6.07) is 10.2. The number of aromatic amines is 1. The molecule has 2 aromatic rings. The summed E-state index contributed by atoms with van der Waals surface area (Å²) in [6.07, 6.45) is 1.93. The van der Waals surface area contributed by atoms with Crippen LogP contribution in [0.1, 0.15) is 0 Å². The highest BCUT2D eigenvalue weighted by Gasteiger charge is 2.06. The van der Waals surface area contributed by atoms with Gasteiger partial charge in [-0.25, -0.2) is 4.68 Å². The van der Waals surface area contributed by atoms with Crippen LogP contribution < -0.4 is 5.01 Å². The van der Waals surface area contributed by atoms with Crippen LogP contribution in [0, 0.1) is 4.77 Å². The van der Waals surface area contributed by atoms with Gasteiger partial charge in [-0.15, -0.1) is 0 Å². The molecular formula is C11H13N3S. The van der Waals surface area contributed by atoms with Gasteiger partial charge in [-0.05, 0) is 12.2 Å². The Kier molecular flexibility index (Phi) is 2.60. The van der Waals surface area contributed by atoms with Gasteiger partial charge in [0.25, 0.3) is 0 Å². The fourth-order valence-corrected chi connectivity index (χ4v) is 1.89. The molecule has 15 heavy (non-hydrogen) atoms. The van der Waals surface area contributed by atoms with Gasteiger partial charge in [0.15, 0.2) is 4.77 Å². The first-order valence-electron chi connectivity index (χ1n) is 4.73. The molecule has 1 aromatic heterocycles. The van der Waals surface area contributed by atoms with Crippen molar-refractivity contribution in [3.05, 3.63) is 41.3 Å². The molecule has 0 aliphatic heterocycles. The Labute approximate surface area is 93.9 Å². The van der Waals surface area contributed by atoms with Gasteiger partial charge in [-0.1, -0.05) is 30.3 Å². The molecule has 1 heterocycles. The molecule has 0 unspecified atom stereocenters. The Balaban J connectivity index is 2.59. The van der Waals surface area contributed by atoms with E-state index in [1.165, 1.54) is 0 Å². The highest BCUT2D eigenvalue weighted by molar-refractivity contribution is 7.71. The number of aromatic nitrogens is 2. The van der Waals surface area contributed by atoms with Crippen LogP contribution in [0.5, 0.6) is 0 Å². The second-order valence-electron chi connectivity index (χ2n) is 3.50. The minimum atomic E-state index is 0.707. The summed E-state index contributed by atoms with van der Waals surface area (Å²) in [4.78, 5) is 3.05. The van der Waals surface area contributed by atoms with Crippen LogP contribution in [0.4, 0.5) is 0 Å². The molecule has 0 saturated heterocycles. The highest BCUT2D eigenvalue weighted by Crippen LogP contribution is 2.18. The largest absolute Gasteiger partial charge is 0.335 e. The monoisotopic (exact) mass is 219 g/mol. The summed E-state index contributed by atoms with van der Waals surface area (Å²) in [6.45, 7) is 0. The van der Waals surface area contributed by atoms with Crippen LogP contribution in [0.2, 0.25) is 0 Å². The third-order valence-electron chi connectivity index (χ3n) is 2.22. The quantitative estimate of drug-likeness (QED) is 0.784. The summed E-state index contributed by atoms with van der Waals surface area (Å²) in [5.74, 6) is 0. The highest BCUT2D eigenvalue weighted by atomic mass is 32.1. The van der Waals surface area contributed by atoms with Crippen molar-refractivity contribution in [1.82, 2.24) is 9.66 Å². The van der Waals surface area contributed by atoms with Crippen molar-refractivity contribution in [3.63, 3.8) is 0 Å². The molecule has 1 aromatic carbocycles. The first-order valence-corrected chi connectivity index (χ1v) is 5.14. The zero-order chi connectivity index (χ0) is 10.8. The fourth-order valence-electron chi connectivity index (χ4n) is 1.57. The van der Waals surface area contributed by atoms with E-state index in [-0.39, 0.29) is 0 Å². The summed E-state index contributed by atoms with van der Waals surface area (Å²) >= 11 is 5.21. The minimum Gasteiger partial charge on any atom is -0.335 e. The van der Waals surface area contributed by atoms with Gasteiger partial charge in [-0.3, -0.25) is 0 Å². The van der Waals surface area contributed by atoms with E-state index in [4.69, 9.17) is 12.2 Å².